The maximum absolute atomic E-state index is 12.4. The number of rotatable bonds is 3. The molecule has 3 N–H and O–H groups in total. The lowest BCUT2D eigenvalue weighted by molar-refractivity contribution is -0.142. The zero-order valence-electron chi connectivity index (χ0n) is 11.5. The number of hydrogen-bond donors (Lipinski definition) is 3. The number of alkyl halides is 3. The second kappa shape index (κ2) is 6.35. The third-order valence-corrected chi connectivity index (χ3v) is 3.44. The molecule has 1 aliphatic rings. The van der Waals surface area contributed by atoms with Gasteiger partial charge in [0.25, 0.3) is 0 Å². The van der Waals surface area contributed by atoms with Crippen LogP contribution in [0.4, 0.5) is 13.2 Å². The molecule has 0 spiro atoms. The van der Waals surface area contributed by atoms with Crippen molar-refractivity contribution in [1.82, 2.24) is 10.6 Å². The SMILES string of the molecule is O=C1NCCC(O)C1C(=O)NCc1ccc(C(F)(F)F)cc1. The fourth-order valence-electron chi connectivity index (χ4n) is 2.20. The predicted octanol–water partition coefficient (Wildman–Crippen LogP) is 0.819. The molecule has 2 unspecified atom stereocenters. The molecule has 8 heteroatoms. The van der Waals surface area contributed by atoms with Gasteiger partial charge in [0.05, 0.1) is 11.7 Å². The molecular formula is C14H15F3N2O3. The molecule has 1 fully saturated rings. The van der Waals surface area contributed by atoms with E-state index in [1.54, 1.807) is 0 Å². The summed E-state index contributed by atoms with van der Waals surface area (Å²) in [5, 5.41) is 14.6. The molecule has 1 aromatic rings. The van der Waals surface area contributed by atoms with Crippen molar-refractivity contribution >= 4 is 11.8 Å². The number of hydrogen-bond acceptors (Lipinski definition) is 3. The summed E-state index contributed by atoms with van der Waals surface area (Å²) in [4.78, 5) is 23.5. The highest BCUT2D eigenvalue weighted by molar-refractivity contribution is 6.01. The van der Waals surface area contributed by atoms with E-state index in [1.807, 2.05) is 0 Å². The van der Waals surface area contributed by atoms with Crippen molar-refractivity contribution in [3.8, 4) is 0 Å². The van der Waals surface area contributed by atoms with Crippen LogP contribution in [-0.2, 0) is 22.3 Å². The summed E-state index contributed by atoms with van der Waals surface area (Å²) >= 11 is 0. The first-order chi connectivity index (χ1) is 10.3. The number of nitrogens with one attached hydrogen (secondary N) is 2. The number of benzene rings is 1. The normalized spacial score (nSPS) is 22.1. The summed E-state index contributed by atoms with van der Waals surface area (Å²) < 4.78 is 37.3. The van der Waals surface area contributed by atoms with Gasteiger partial charge in [-0.15, -0.1) is 0 Å². The van der Waals surface area contributed by atoms with Gasteiger partial charge in [0, 0.05) is 13.1 Å². The summed E-state index contributed by atoms with van der Waals surface area (Å²) in [6.07, 6.45) is -5.18. The molecule has 120 valence electrons. The van der Waals surface area contributed by atoms with E-state index in [9.17, 15) is 27.9 Å². The van der Waals surface area contributed by atoms with Crippen molar-refractivity contribution in [3.05, 3.63) is 35.4 Å². The maximum Gasteiger partial charge on any atom is 0.416 e. The van der Waals surface area contributed by atoms with E-state index in [1.165, 1.54) is 12.1 Å². The third kappa shape index (κ3) is 3.76. The molecule has 0 saturated carbocycles. The van der Waals surface area contributed by atoms with Gasteiger partial charge in [-0.3, -0.25) is 9.59 Å². The lowest BCUT2D eigenvalue weighted by Crippen LogP contribution is -2.51. The zero-order valence-corrected chi connectivity index (χ0v) is 11.5. The second-order valence-electron chi connectivity index (χ2n) is 5.04. The number of halogens is 3. The molecule has 1 heterocycles. The van der Waals surface area contributed by atoms with Crippen LogP contribution in [0, 0.1) is 5.92 Å². The lowest BCUT2D eigenvalue weighted by Gasteiger charge is -2.26. The minimum atomic E-state index is -4.41. The minimum absolute atomic E-state index is 0.0204. The molecule has 2 atom stereocenters. The van der Waals surface area contributed by atoms with Crippen molar-refractivity contribution in [3.63, 3.8) is 0 Å². The highest BCUT2D eigenvalue weighted by atomic mass is 19.4. The first kappa shape index (κ1) is 16.3. The van der Waals surface area contributed by atoms with Crippen molar-refractivity contribution in [2.24, 2.45) is 5.92 Å². The van der Waals surface area contributed by atoms with Crippen LogP contribution in [-0.4, -0.2) is 29.6 Å². The highest BCUT2D eigenvalue weighted by Crippen LogP contribution is 2.29. The largest absolute Gasteiger partial charge is 0.416 e. The molecule has 22 heavy (non-hydrogen) atoms. The van der Waals surface area contributed by atoms with Crippen LogP contribution in [0.25, 0.3) is 0 Å². The Hall–Kier alpha value is -2.09. The van der Waals surface area contributed by atoms with Crippen LogP contribution < -0.4 is 10.6 Å². The average Bonchev–Trinajstić information content (AvgIpc) is 2.44. The molecule has 0 bridgehead atoms. The van der Waals surface area contributed by atoms with Gasteiger partial charge in [-0.2, -0.15) is 13.2 Å². The van der Waals surface area contributed by atoms with Gasteiger partial charge >= 0.3 is 6.18 Å². The Morgan fingerprint density at radius 1 is 1.32 bits per heavy atom. The zero-order chi connectivity index (χ0) is 16.3. The van der Waals surface area contributed by atoms with Gasteiger partial charge in [0.15, 0.2) is 0 Å². The van der Waals surface area contributed by atoms with Crippen LogP contribution >= 0.6 is 0 Å². The predicted molar refractivity (Wildman–Crippen MR) is 70.4 cm³/mol. The van der Waals surface area contributed by atoms with Gasteiger partial charge in [0.1, 0.15) is 5.92 Å². The third-order valence-electron chi connectivity index (χ3n) is 3.44. The summed E-state index contributed by atoms with van der Waals surface area (Å²) in [6, 6.07) is 4.34. The Kier molecular flexibility index (Phi) is 4.70. The minimum Gasteiger partial charge on any atom is -0.392 e. The Labute approximate surface area is 124 Å². The Morgan fingerprint density at radius 3 is 2.50 bits per heavy atom. The molecule has 5 nitrogen and oxygen atoms in total. The first-order valence-electron chi connectivity index (χ1n) is 6.68. The van der Waals surface area contributed by atoms with E-state index < -0.39 is 35.6 Å². The van der Waals surface area contributed by atoms with E-state index >= 15 is 0 Å². The smallest absolute Gasteiger partial charge is 0.392 e. The van der Waals surface area contributed by atoms with Crippen LogP contribution in [0.1, 0.15) is 17.5 Å². The summed E-state index contributed by atoms with van der Waals surface area (Å²) in [5.41, 5.74) is -0.309. The average molecular weight is 316 g/mol. The molecule has 2 rings (SSSR count). The summed E-state index contributed by atoms with van der Waals surface area (Å²) in [6.45, 7) is 0.288. The van der Waals surface area contributed by atoms with Gasteiger partial charge in [0.2, 0.25) is 11.8 Å². The van der Waals surface area contributed by atoms with Crippen LogP contribution in [0.5, 0.6) is 0 Å². The number of piperidine rings is 1. The van der Waals surface area contributed by atoms with Gasteiger partial charge < -0.3 is 15.7 Å². The highest BCUT2D eigenvalue weighted by Gasteiger charge is 2.36. The van der Waals surface area contributed by atoms with Crippen molar-refractivity contribution in [1.29, 1.82) is 0 Å². The van der Waals surface area contributed by atoms with Crippen LogP contribution in [0.2, 0.25) is 0 Å². The van der Waals surface area contributed by atoms with E-state index in [0.29, 0.717) is 12.1 Å². The second-order valence-corrected chi connectivity index (χ2v) is 5.04. The maximum atomic E-state index is 12.4. The molecule has 1 aliphatic heterocycles. The Balaban J connectivity index is 1.95. The van der Waals surface area contributed by atoms with E-state index in [2.05, 4.69) is 10.6 Å². The molecule has 2 amide bonds. The van der Waals surface area contributed by atoms with Gasteiger partial charge in [-0.25, -0.2) is 0 Å². The number of carbonyl (C=O) groups excluding carboxylic acids is 2. The molecule has 0 aromatic heterocycles. The molecule has 0 aliphatic carbocycles. The van der Waals surface area contributed by atoms with E-state index in [0.717, 1.165) is 12.1 Å². The number of carbonyl (C=O) groups is 2. The molecule has 0 radical (unpaired) electrons. The van der Waals surface area contributed by atoms with Crippen molar-refractivity contribution < 1.29 is 27.9 Å². The monoisotopic (exact) mass is 316 g/mol. The summed E-state index contributed by atoms with van der Waals surface area (Å²) in [5.74, 6) is -2.39. The number of aliphatic hydroxyl groups excluding tert-OH is 1. The molecule has 1 saturated heterocycles. The Morgan fingerprint density at radius 2 is 1.95 bits per heavy atom. The molecule has 1 aromatic carbocycles. The molecular weight excluding hydrogens is 301 g/mol. The van der Waals surface area contributed by atoms with Crippen LogP contribution in [0.15, 0.2) is 24.3 Å². The Bertz CT molecular complexity index is 557. The van der Waals surface area contributed by atoms with Crippen LogP contribution in [0.3, 0.4) is 0 Å². The van der Waals surface area contributed by atoms with E-state index in [4.69, 9.17) is 0 Å². The van der Waals surface area contributed by atoms with Crippen molar-refractivity contribution in [2.75, 3.05) is 6.54 Å². The number of aliphatic hydroxyl groups is 1. The fraction of sp³-hybridized carbons (Fsp3) is 0.429. The lowest BCUT2D eigenvalue weighted by atomic mass is 9.94. The topological polar surface area (TPSA) is 78.4 Å². The quantitative estimate of drug-likeness (QED) is 0.723. The first-order valence-corrected chi connectivity index (χ1v) is 6.68. The van der Waals surface area contributed by atoms with E-state index in [-0.39, 0.29) is 13.0 Å². The van der Waals surface area contributed by atoms with Gasteiger partial charge in [-0.05, 0) is 24.1 Å². The standard InChI is InChI=1S/C14H15F3N2O3/c15-14(16,17)9-3-1-8(2-4-9)7-19-13(22)11-10(20)5-6-18-12(11)21/h1-4,10-11,20H,5-7H2,(H,18,21)(H,19,22). The fourth-order valence-corrected chi connectivity index (χ4v) is 2.20. The number of amides is 2. The van der Waals surface area contributed by atoms with Gasteiger partial charge in [-0.1, -0.05) is 12.1 Å². The van der Waals surface area contributed by atoms with Crippen molar-refractivity contribution in [2.45, 2.75) is 25.2 Å². The summed E-state index contributed by atoms with van der Waals surface area (Å²) in [7, 11) is 0.